The van der Waals surface area contributed by atoms with Gasteiger partial charge in [-0.3, -0.25) is 0 Å². The first-order valence-electron chi connectivity index (χ1n) is 6.59. The Morgan fingerprint density at radius 2 is 2.26 bits per heavy atom. The van der Waals surface area contributed by atoms with Crippen LogP contribution in [0.4, 0.5) is 11.4 Å². The molecule has 0 saturated carbocycles. The zero-order valence-electron chi connectivity index (χ0n) is 11.3. The predicted octanol–water partition coefficient (Wildman–Crippen LogP) is 0.655. The largest absolute Gasteiger partial charge is 0.397 e. The number of nitrogen functional groups attached to an aromatic ring is 1. The van der Waals surface area contributed by atoms with Gasteiger partial charge in [0.15, 0.2) is 0 Å². The number of benzene rings is 1. The Bertz CT molecular complexity index is 412. The van der Waals surface area contributed by atoms with Gasteiger partial charge in [-0.05, 0) is 18.1 Å². The molecule has 19 heavy (non-hydrogen) atoms. The van der Waals surface area contributed by atoms with Crippen molar-refractivity contribution in [3.05, 3.63) is 23.8 Å². The van der Waals surface area contributed by atoms with Crippen molar-refractivity contribution in [2.24, 2.45) is 0 Å². The first kappa shape index (κ1) is 14.1. The van der Waals surface area contributed by atoms with E-state index in [4.69, 9.17) is 15.2 Å². The fraction of sp³-hybridized carbons (Fsp3) is 0.571. The number of methoxy groups -OCH3 is 1. The Labute approximate surface area is 113 Å². The molecule has 1 aromatic rings. The van der Waals surface area contributed by atoms with E-state index >= 15 is 0 Å². The van der Waals surface area contributed by atoms with Gasteiger partial charge in [0.05, 0.1) is 37.3 Å². The minimum atomic E-state index is -0.512. The van der Waals surface area contributed by atoms with Gasteiger partial charge in [-0.15, -0.1) is 0 Å². The summed E-state index contributed by atoms with van der Waals surface area (Å²) in [6.07, 6.45) is 0.472. The standard InChI is InChI=1S/C14H22N2O3/c1-18-7-8-19-10-12(17)9-16-6-5-11-3-2-4-13(15)14(11)16/h2-4,12,17H,5-10,15H2,1H3. The normalized spacial score (nSPS) is 15.6. The molecule has 0 amide bonds. The molecule has 0 spiro atoms. The molecule has 5 heteroatoms. The zero-order valence-corrected chi connectivity index (χ0v) is 11.3. The Kier molecular flexibility index (Phi) is 5.01. The fourth-order valence-electron chi connectivity index (χ4n) is 2.42. The summed E-state index contributed by atoms with van der Waals surface area (Å²) < 4.78 is 10.2. The number of rotatable bonds is 7. The van der Waals surface area contributed by atoms with E-state index in [-0.39, 0.29) is 0 Å². The lowest BCUT2D eigenvalue weighted by Crippen LogP contribution is -2.34. The monoisotopic (exact) mass is 266 g/mol. The fourth-order valence-corrected chi connectivity index (χ4v) is 2.42. The predicted molar refractivity (Wildman–Crippen MR) is 75.5 cm³/mol. The van der Waals surface area contributed by atoms with Gasteiger partial charge in [0, 0.05) is 20.2 Å². The van der Waals surface area contributed by atoms with E-state index < -0.39 is 6.10 Å². The number of para-hydroxylation sites is 1. The minimum Gasteiger partial charge on any atom is -0.397 e. The number of nitrogens with zero attached hydrogens (tertiary/aromatic N) is 1. The second-order valence-electron chi connectivity index (χ2n) is 4.77. The number of hydrogen-bond donors (Lipinski definition) is 2. The number of hydrogen-bond acceptors (Lipinski definition) is 5. The molecular weight excluding hydrogens is 244 g/mol. The molecule has 106 valence electrons. The summed E-state index contributed by atoms with van der Waals surface area (Å²) in [6, 6.07) is 5.97. The smallest absolute Gasteiger partial charge is 0.0948 e. The molecule has 0 fully saturated rings. The summed E-state index contributed by atoms with van der Waals surface area (Å²) in [5.41, 5.74) is 9.11. The van der Waals surface area contributed by atoms with E-state index in [0.29, 0.717) is 26.4 Å². The van der Waals surface area contributed by atoms with Gasteiger partial charge in [-0.1, -0.05) is 12.1 Å². The van der Waals surface area contributed by atoms with Crippen molar-refractivity contribution in [3.63, 3.8) is 0 Å². The Balaban J connectivity index is 1.85. The molecule has 5 nitrogen and oxygen atoms in total. The summed E-state index contributed by atoms with van der Waals surface area (Å²) in [5.74, 6) is 0. The second kappa shape index (κ2) is 6.75. The van der Waals surface area contributed by atoms with Gasteiger partial charge in [0.2, 0.25) is 0 Å². The number of anilines is 2. The number of fused-ring (bicyclic) bond motifs is 1. The highest BCUT2D eigenvalue weighted by Crippen LogP contribution is 2.33. The lowest BCUT2D eigenvalue weighted by molar-refractivity contribution is 0.0162. The number of aliphatic hydroxyl groups excluding tert-OH is 1. The van der Waals surface area contributed by atoms with Gasteiger partial charge < -0.3 is 25.2 Å². The van der Waals surface area contributed by atoms with Crippen molar-refractivity contribution < 1.29 is 14.6 Å². The first-order valence-corrected chi connectivity index (χ1v) is 6.59. The van der Waals surface area contributed by atoms with Crippen molar-refractivity contribution in [2.45, 2.75) is 12.5 Å². The number of nitrogens with two attached hydrogens (primary N) is 1. The molecule has 0 aromatic heterocycles. The maximum absolute atomic E-state index is 9.98. The van der Waals surface area contributed by atoms with Crippen LogP contribution in [0.5, 0.6) is 0 Å². The zero-order chi connectivity index (χ0) is 13.7. The maximum Gasteiger partial charge on any atom is 0.0948 e. The molecule has 1 aliphatic rings. The minimum absolute atomic E-state index is 0.321. The third-order valence-corrected chi connectivity index (χ3v) is 3.29. The highest BCUT2D eigenvalue weighted by molar-refractivity contribution is 5.74. The summed E-state index contributed by atoms with van der Waals surface area (Å²) in [5, 5.41) is 9.98. The maximum atomic E-state index is 9.98. The van der Waals surface area contributed by atoms with Crippen molar-refractivity contribution in [1.82, 2.24) is 0 Å². The van der Waals surface area contributed by atoms with Gasteiger partial charge in [0.1, 0.15) is 0 Å². The first-order chi connectivity index (χ1) is 9.22. The van der Waals surface area contributed by atoms with Crippen LogP contribution in [-0.2, 0) is 15.9 Å². The number of ether oxygens (including phenoxy) is 2. The summed E-state index contributed by atoms with van der Waals surface area (Å²) in [4.78, 5) is 2.13. The molecule has 3 N–H and O–H groups in total. The van der Waals surface area contributed by atoms with Gasteiger partial charge in [-0.25, -0.2) is 0 Å². The Morgan fingerprint density at radius 3 is 3.05 bits per heavy atom. The van der Waals surface area contributed by atoms with Gasteiger partial charge >= 0.3 is 0 Å². The molecule has 1 aromatic carbocycles. The quantitative estimate of drug-likeness (QED) is 0.560. The molecule has 1 aliphatic heterocycles. The third-order valence-electron chi connectivity index (χ3n) is 3.29. The van der Waals surface area contributed by atoms with E-state index in [1.54, 1.807) is 7.11 Å². The van der Waals surface area contributed by atoms with E-state index in [1.807, 2.05) is 12.1 Å². The van der Waals surface area contributed by atoms with Crippen LogP contribution in [0.15, 0.2) is 18.2 Å². The van der Waals surface area contributed by atoms with Crippen LogP contribution < -0.4 is 10.6 Å². The van der Waals surface area contributed by atoms with Gasteiger partial charge in [-0.2, -0.15) is 0 Å². The molecule has 0 bridgehead atoms. The Hall–Kier alpha value is -1.30. The molecule has 1 heterocycles. The van der Waals surface area contributed by atoms with E-state index in [9.17, 15) is 5.11 Å². The molecule has 0 radical (unpaired) electrons. The summed E-state index contributed by atoms with van der Waals surface area (Å²) >= 11 is 0. The number of aliphatic hydroxyl groups is 1. The van der Waals surface area contributed by atoms with Crippen LogP contribution >= 0.6 is 0 Å². The summed E-state index contributed by atoms with van der Waals surface area (Å²) in [6.45, 7) is 2.83. The molecular formula is C14H22N2O3. The Morgan fingerprint density at radius 1 is 1.42 bits per heavy atom. The molecule has 2 rings (SSSR count). The van der Waals surface area contributed by atoms with Crippen LogP contribution in [0, 0.1) is 0 Å². The van der Waals surface area contributed by atoms with Crippen LogP contribution in [0.3, 0.4) is 0 Å². The molecule has 0 saturated heterocycles. The van der Waals surface area contributed by atoms with Crippen molar-refractivity contribution in [2.75, 3.05) is 50.7 Å². The average Bonchev–Trinajstić information content (AvgIpc) is 2.79. The van der Waals surface area contributed by atoms with E-state index in [0.717, 1.165) is 24.3 Å². The summed E-state index contributed by atoms with van der Waals surface area (Å²) in [7, 11) is 1.63. The van der Waals surface area contributed by atoms with Crippen LogP contribution in [0.1, 0.15) is 5.56 Å². The van der Waals surface area contributed by atoms with Crippen molar-refractivity contribution in [1.29, 1.82) is 0 Å². The van der Waals surface area contributed by atoms with Crippen LogP contribution in [0.2, 0.25) is 0 Å². The topological polar surface area (TPSA) is 68.0 Å². The highest BCUT2D eigenvalue weighted by Gasteiger charge is 2.23. The van der Waals surface area contributed by atoms with Crippen molar-refractivity contribution in [3.8, 4) is 0 Å². The molecule has 1 unspecified atom stereocenters. The lowest BCUT2D eigenvalue weighted by Gasteiger charge is -2.24. The third kappa shape index (κ3) is 3.59. The molecule has 0 aliphatic carbocycles. The van der Waals surface area contributed by atoms with E-state index in [2.05, 4.69) is 11.0 Å². The second-order valence-corrected chi connectivity index (χ2v) is 4.77. The lowest BCUT2D eigenvalue weighted by atomic mass is 10.1. The number of β-amino-alcohol motifs (C(OH)–C–C–N with tert-alkyl or cyclic N) is 1. The van der Waals surface area contributed by atoms with Crippen molar-refractivity contribution >= 4 is 11.4 Å². The SMILES string of the molecule is COCCOCC(O)CN1CCc2cccc(N)c21. The van der Waals surface area contributed by atoms with E-state index in [1.165, 1.54) is 5.56 Å². The van der Waals surface area contributed by atoms with Crippen LogP contribution in [-0.4, -0.2) is 51.2 Å². The van der Waals surface area contributed by atoms with Crippen LogP contribution in [0.25, 0.3) is 0 Å². The van der Waals surface area contributed by atoms with Gasteiger partial charge in [0.25, 0.3) is 0 Å². The average molecular weight is 266 g/mol. The highest BCUT2D eigenvalue weighted by atomic mass is 16.5. The molecule has 1 atom stereocenters.